The molecule has 0 bridgehead atoms. The minimum Gasteiger partial charge on any atom is -0.478 e. The van der Waals surface area contributed by atoms with Crippen molar-refractivity contribution in [1.29, 1.82) is 0 Å². The van der Waals surface area contributed by atoms with E-state index < -0.39 is 38.4 Å². The number of carbonyl (C=O) groups excluding carboxylic acids is 1. The van der Waals surface area contributed by atoms with Crippen LogP contribution in [0.3, 0.4) is 0 Å². The number of nitrogens with one attached hydrogen (secondary N) is 1. The van der Waals surface area contributed by atoms with Crippen molar-refractivity contribution in [2.45, 2.75) is 38.1 Å². The lowest BCUT2D eigenvalue weighted by molar-refractivity contribution is -0.118. The molecular weight excluding hydrogens is 288 g/mol. The van der Waals surface area contributed by atoms with Gasteiger partial charge < -0.3 is 15.3 Å². The molecule has 0 saturated carbocycles. The van der Waals surface area contributed by atoms with Gasteiger partial charge in [0.05, 0.1) is 0 Å². The first-order valence-corrected chi connectivity index (χ1v) is 7.18. The van der Waals surface area contributed by atoms with Crippen molar-refractivity contribution in [3.63, 3.8) is 0 Å². The van der Waals surface area contributed by atoms with Gasteiger partial charge in [-0.15, -0.1) is 0 Å². The highest BCUT2D eigenvalue weighted by Crippen LogP contribution is 2.26. The van der Waals surface area contributed by atoms with Crippen molar-refractivity contribution < 1.29 is 27.5 Å². The summed E-state index contributed by atoms with van der Waals surface area (Å²) in [6.07, 6.45) is -0.197. The van der Waals surface area contributed by atoms with Gasteiger partial charge >= 0.3 is 5.97 Å². The molecule has 0 fully saturated rings. The Bertz CT molecular complexity index is 646. The minimum absolute atomic E-state index is 0.00192. The molecule has 4 N–H and O–H groups in total. The van der Waals surface area contributed by atoms with Crippen LogP contribution in [-0.2, 0) is 14.8 Å². The fourth-order valence-corrected chi connectivity index (χ4v) is 3.55. The van der Waals surface area contributed by atoms with Crippen LogP contribution in [0.5, 0.6) is 0 Å². The van der Waals surface area contributed by atoms with Crippen molar-refractivity contribution in [3.05, 3.63) is 17.1 Å². The Balaban J connectivity index is 3.23. The molecule has 0 aliphatic rings. The number of carbonyl (C=O) groups is 2. The van der Waals surface area contributed by atoms with Crippen molar-refractivity contribution in [3.8, 4) is 0 Å². The number of rotatable bonds is 6. The number of hydrogen-bond acceptors (Lipinski definition) is 5. The molecule has 0 spiro atoms. The summed E-state index contributed by atoms with van der Waals surface area (Å²) in [5, 5.41) is 9.08. The number of aryl methyl sites for hydroxylation is 2. The zero-order chi connectivity index (χ0) is 15.7. The van der Waals surface area contributed by atoms with Crippen molar-refractivity contribution in [1.82, 2.24) is 4.72 Å². The summed E-state index contributed by atoms with van der Waals surface area (Å²) in [4.78, 5) is 21.5. The van der Waals surface area contributed by atoms with Crippen molar-refractivity contribution >= 4 is 21.9 Å². The molecule has 0 saturated heterocycles. The van der Waals surface area contributed by atoms with E-state index in [1.54, 1.807) is 0 Å². The molecule has 1 aromatic heterocycles. The SMILES string of the molecule is Cc1oc(C)c(S(=O)(=O)NC(C)CC(N)=O)c1C(=O)O. The van der Waals surface area contributed by atoms with Gasteiger partial charge in [0.1, 0.15) is 22.0 Å². The van der Waals surface area contributed by atoms with E-state index in [0.29, 0.717) is 0 Å². The molecule has 1 atom stereocenters. The Hall–Kier alpha value is -1.87. The van der Waals surface area contributed by atoms with Gasteiger partial charge in [0, 0.05) is 12.5 Å². The predicted molar refractivity (Wildman–Crippen MR) is 68.7 cm³/mol. The maximum Gasteiger partial charge on any atom is 0.340 e. The zero-order valence-electron chi connectivity index (χ0n) is 11.3. The summed E-state index contributed by atoms with van der Waals surface area (Å²) in [6, 6.07) is -0.756. The number of sulfonamides is 1. The highest BCUT2D eigenvalue weighted by atomic mass is 32.2. The van der Waals surface area contributed by atoms with Crippen LogP contribution in [0.4, 0.5) is 0 Å². The Kier molecular flexibility index (Phi) is 4.56. The Morgan fingerprint density at radius 2 is 1.90 bits per heavy atom. The number of primary amides is 1. The summed E-state index contributed by atoms with van der Waals surface area (Å²) in [6.45, 7) is 4.17. The molecule has 0 radical (unpaired) electrons. The van der Waals surface area contributed by atoms with Gasteiger partial charge in [0.2, 0.25) is 15.9 Å². The molecular formula is C11H16N2O6S. The van der Waals surface area contributed by atoms with Crippen LogP contribution in [0.1, 0.15) is 35.2 Å². The first-order valence-electron chi connectivity index (χ1n) is 5.70. The summed E-state index contributed by atoms with van der Waals surface area (Å²) >= 11 is 0. The van der Waals surface area contributed by atoms with Gasteiger partial charge in [-0.2, -0.15) is 0 Å². The molecule has 1 rings (SSSR count). The molecule has 1 amide bonds. The topological polar surface area (TPSA) is 140 Å². The smallest absolute Gasteiger partial charge is 0.340 e. The van der Waals surface area contributed by atoms with Gasteiger partial charge in [-0.05, 0) is 20.8 Å². The molecule has 0 aromatic carbocycles. The van der Waals surface area contributed by atoms with Crippen LogP contribution < -0.4 is 10.5 Å². The van der Waals surface area contributed by atoms with Gasteiger partial charge in [0.25, 0.3) is 0 Å². The lowest BCUT2D eigenvalue weighted by atomic mass is 10.2. The third kappa shape index (κ3) is 3.36. The normalized spacial score (nSPS) is 13.2. The van der Waals surface area contributed by atoms with E-state index in [-0.39, 0.29) is 17.9 Å². The van der Waals surface area contributed by atoms with Crippen LogP contribution in [0.15, 0.2) is 9.31 Å². The van der Waals surface area contributed by atoms with Crippen LogP contribution in [-0.4, -0.2) is 31.4 Å². The number of carboxylic acid groups (broad SMARTS) is 1. The molecule has 1 heterocycles. The van der Waals surface area contributed by atoms with Gasteiger partial charge in [-0.1, -0.05) is 0 Å². The van der Waals surface area contributed by atoms with Crippen LogP contribution in [0.25, 0.3) is 0 Å². The minimum atomic E-state index is -4.12. The van der Waals surface area contributed by atoms with Crippen LogP contribution in [0, 0.1) is 13.8 Å². The fraction of sp³-hybridized carbons (Fsp3) is 0.455. The molecule has 9 heteroatoms. The molecule has 1 unspecified atom stereocenters. The number of carboxylic acids is 1. The van der Waals surface area contributed by atoms with E-state index >= 15 is 0 Å². The molecule has 20 heavy (non-hydrogen) atoms. The number of aromatic carboxylic acids is 1. The van der Waals surface area contributed by atoms with Gasteiger partial charge in [-0.25, -0.2) is 17.9 Å². The molecule has 8 nitrogen and oxygen atoms in total. The van der Waals surface area contributed by atoms with Crippen LogP contribution in [0.2, 0.25) is 0 Å². The highest BCUT2D eigenvalue weighted by molar-refractivity contribution is 7.89. The summed E-state index contributed by atoms with van der Waals surface area (Å²) < 4.78 is 31.7. The highest BCUT2D eigenvalue weighted by Gasteiger charge is 2.31. The van der Waals surface area contributed by atoms with E-state index in [1.807, 2.05) is 0 Å². The second-order valence-corrected chi connectivity index (χ2v) is 6.07. The first-order chi connectivity index (χ1) is 9.06. The molecule has 1 aromatic rings. The van der Waals surface area contributed by atoms with Gasteiger partial charge in [0.15, 0.2) is 0 Å². The van der Waals surface area contributed by atoms with E-state index in [0.717, 1.165) is 0 Å². The summed E-state index contributed by atoms with van der Waals surface area (Å²) in [7, 11) is -4.12. The number of furan rings is 1. The first kappa shape index (κ1) is 16.2. The third-order valence-corrected chi connectivity index (χ3v) is 4.29. The summed E-state index contributed by atoms with van der Waals surface area (Å²) in [5.74, 6) is -2.10. The van der Waals surface area contributed by atoms with E-state index in [1.165, 1.54) is 20.8 Å². The van der Waals surface area contributed by atoms with Gasteiger partial charge in [-0.3, -0.25) is 4.79 Å². The largest absolute Gasteiger partial charge is 0.478 e. The van der Waals surface area contributed by atoms with Crippen molar-refractivity contribution in [2.75, 3.05) is 0 Å². The molecule has 112 valence electrons. The van der Waals surface area contributed by atoms with E-state index in [4.69, 9.17) is 15.3 Å². The lowest BCUT2D eigenvalue weighted by Gasteiger charge is -2.12. The number of hydrogen-bond donors (Lipinski definition) is 3. The monoisotopic (exact) mass is 304 g/mol. The number of nitrogens with two attached hydrogens (primary N) is 1. The fourth-order valence-electron chi connectivity index (χ4n) is 1.90. The number of amides is 1. The average Bonchev–Trinajstić information content (AvgIpc) is 2.51. The lowest BCUT2D eigenvalue weighted by Crippen LogP contribution is -2.36. The van der Waals surface area contributed by atoms with E-state index in [2.05, 4.69) is 4.72 Å². The predicted octanol–water partition coefficient (Wildman–Crippen LogP) is 0.137. The molecule has 0 aliphatic heterocycles. The maximum absolute atomic E-state index is 12.2. The average molecular weight is 304 g/mol. The van der Waals surface area contributed by atoms with E-state index in [9.17, 15) is 18.0 Å². The zero-order valence-corrected chi connectivity index (χ0v) is 12.1. The Labute approximate surface area is 116 Å². The third-order valence-electron chi connectivity index (χ3n) is 2.55. The molecule has 0 aliphatic carbocycles. The Morgan fingerprint density at radius 3 is 2.35 bits per heavy atom. The quantitative estimate of drug-likeness (QED) is 0.682. The maximum atomic E-state index is 12.2. The van der Waals surface area contributed by atoms with Crippen LogP contribution >= 0.6 is 0 Å². The Morgan fingerprint density at radius 1 is 1.35 bits per heavy atom. The summed E-state index contributed by atoms with van der Waals surface area (Å²) in [5.41, 5.74) is 4.56. The standard InChI is InChI=1S/C11H16N2O6S/c1-5(4-8(12)14)13-20(17,18)10-7(3)19-6(2)9(10)11(15)16/h5,13H,4H2,1-3H3,(H2,12,14)(H,15,16). The van der Waals surface area contributed by atoms with Crippen molar-refractivity contribution in [2.24, 2.45) is 5.73 Å². The second-order valence-electron chi connectivity index (χ2n) is 4.42. The second kappa shape index (κ2) is 5.63.